The van der Waals surface area contributed by atoms with E-state index >= 15 is 0 Å². The molecule has 0 aliphatic carbocycles. The summed E-state index contributed by atoms with van der Waals surface area (Å²) in [6.45, 7) is 4.76. The van der Waals surface area contributed by atoms with Crippen LogP contribution >= 0.6 is 11.5 Å². The average molecular weight is 268 g/mol. The minimum absolute atomic E-state index is 0.0141. The predicted molar refractivity (Wildman–Crippen MR) is 71.6 cm³/mol. The first-order valence-electron chi connectivity index (χ1n) is 6.53. The molecule has 0 unspecified atom stereocenters. The number of hydrogen-bond acceptors (Lipinski definition) is 5. The van der Waals surface area contributed by atoms with Gasteiger partial charge in [-0.25, -0.2) is 0 Å². The number of aromatic nitrogens is 2. The van der Waals surface area contributed by atoms with E-state index in [1.807, 2.05) is 18.7 Å². The number of nitrogens with zero attached hydrogens (tertiary/aromatic N) is 3. The van der Waals surface area contributed by atoms with Crippen molar-refractivity contribution in [2.75, 3.05) is 6.54 Å². The highest BCUT2D eigenvalue weighted by Gasteiger charge is 2.31. The first-order chi connectivity index (χ1) is 8.65. The molecule has 1 saturated heterocycles. The summed E-state index contributed by atoms with van der Waals surface area (Å²) >= 11 is 1.20. The van der Waals surface area contributed by atoms with Crippen molar-refractivity contribution in [3.8, 4) is 0 Å². The van der Waals surface area contributed by atoms with Gasteiger partial charge in [0.15, 0.2) is 0 Å². The molecule has 6 heteroatoms. The SMILES string of the molecule is CCc1nnsc1C(=O)N1CCCC[C@H]1[C@@H](C)N. The van der Waals surface area contributed by atoms with Crippen LogP contribution in [0.15, 0.2) is 0 Å². The van der Waals surface area contributed by atoms with E-state index in [9.17, 15) is 4.79 Å². The Balaban J connectivity index is 2.21. The maximum absolute atomic E-state index is 12.6. The second kappa shape index (κ2) is 5.75. The van der Waals surface area contributed by atoms with Crippen molar-refractivity contribution in [2.45, 2.75) is 51.6 Å². The van der Waals surface area contributed by atoms with Crippen molar-refractivity contribution in [1.82, 2.24) is 14.5 Å². The highest BCUT2D eigenvalue weighted by Crippen LogP contribution is 2.23. The zero-order valence-electron chi connectivity index (χ0n) is 10.9. The van der Waals surface area contributed by atoms with Gasteiger partial charge in [0.1, 0.15) is 4.88 Å². The van der Waals surface area contributed by atoms with Crippen LogP contribution in [0.4, 0.5) is 0 Å². The van der Waals surface area contributed by atoms with Crippen molar-refractivity contribution in [3.63, 3.8) is 0 Å². The van der Waals surface area contributed by atoms with Crippen molar-refractivity contribution in [1.29, 1.82) is 0 Å². The molecule has 0 radical (unpaired) electrons. The van der Waals surface area contributed by atoms with Crippen LogP contribution in [0.1, 0.15) is 48.5 Å². The van der Waals surface area contributed by atoms with Gasteiger partial charge in [-0.2, -0.15) is 0 Å². The Labute approximate surface area is 112 Å². The van der Waals surface area contributed by atoms with Gasteiger partial charge in [0.05, 0.1) is 5.69 Å². The van der Waals surface area contributed by atoms with Crippen molar-refractivity contribution < 1.29 is 4.79 Å². The normalized spacial score (nSPS) is 21.9. The number of carbonyl (C=O) groups excluding carboxylic acids is 1. The fraction of sp³-hybridized carbons (Fsp3) is 0.750. The summed E-state index contributed by atoms with van der Waals surface area (Å²) in [6.07, 6.45) is 3.95. The molecule has 1 aromatic rings. The van der Waals surface area contributed by atoms with Crippen LogP contribution in [0.3, 0.4) is 0 Å². The first kappa shape index (κ1) is 13.4. The topological polar surface area (TPSA) is 72.1 Å². The third-order valence-corrected chi connectivity index (χ3v) is 4.26. The predicted octanol–water partition coefficient (Wildman–Crippen LogP) is 1.44. The maximum Gasteiger partial charge on any atom is 0.267 e. The molecule has 0 saturated carbocycles. The number of hydrogen-bond donors (Lipinski definition) is 1. The van der Waals surface area contributed by atoms with Crippen molar-refractivity contribution in [3.05, 3.63) is 10.6 Å². The van der Waals surface area contributed by atoms with Gasteiger partial charge < -0.3 is 10.6 Å². The Hall–Kier alpha value is -1.01. The number of nitrogens with two attached hydrogens (primary N) is 1. The van der Waals surface area contributed by atoms with E-state index in [2.05, 4.69) is 9.59 Å². The van der Waals surface area contributed by atoms with Gasteiger partial charge in [-0.3, -0.25) is 4.79 Å². The Bertz CT molecular complexity index is 418. The quantitative estimate of drug-likeness (QED) is 0.900. The number of carbonyl (C=O) groups is 1. The number of piperidine rings is 1. The Morgan fingerprint density at radius 1 is 1.61 bits per heavy atom. The molecule has 2 heterocycles. The number of amides is 1. The number of aryl methyl sites for hydroxylation is 1. The van der Waals surface area contributed by atoms with E-state index < -0.39 is 0 Å². The van der Waals surface area contributed by atoms with Crippen LogP contribution in [0.2, 0.25) is 0 Å². The molecule has 1 amide bonds. The van der Waals surface area contributed by atoms with Crippen LogP contribution in [-0.2, 0) is 6.42 Å². The molecule has 2 atom stereocenters. The van der Waals surface area contributed by atoms with Gasteiger partial charge in [0, 0.05) is 18.6 Å². The summed E-state index contributed by atoms with van der Waals surface area (Å²) in [5.74, 6) is 0.0591. The lowest BCUT2D eigenvalue weighted by Gasteiger charge is -2.37. The molecule has 2 N–H and O–H groups in total. The molecule has 0 bridgehead atoms. The van der Waals surface area contributed by atoms with Gasteiger partial charge in [0.2, 0.25) is 0 Å². The minimum atomic E-state index is 0.0141. The van der Waals surface area contributed by atoms with E-state index in [-0.39, 0.29) is 18.0 Å². The molecule has 1 aliphatic rings. The molecule has 1 aromatic heterocycles. The Morgan fingerprint density at radius 2 is 2.39 bits per heavy atom. The summed E-state index contributed by atoms with van der Waals surface area (Å²) in [4.78, 5) is 15.2. The van der Waals surface area contributed by atoms with Crippen LogP contribution < -0.4 is 5.73 Å². The van der Waals surface area contributed by atoms with Crippen LogP contribution in [0.25, 0.3) is 0 Å². The van der Waals surface area contributed by atoms with Crippen molar-refractivity contribution >= 4 is 17.4 Å². The van der Waals surface area contributed by atoms with Crippen LogP contribution in [0, 0.1) is 0 Å². The lowest BCUT2D eigenvalue weighted by Crippen LogP contribution is -2.51. The maximum atomic E-state index is 12.6. The van der Waals surface area contributed by atoms with Gasteiger partial charge >= 0.3 is 0 Å². The molecule has 5 nitrogen and oxygen atoms in total. The Kier molecular flexibility index (Phi) is 4.29. The van der Waals surface area contributed by atoms with E-state index in [0.717, 1.165) is 37.9 Å². The van der Waals surface area contributed by atoms with E-state index in [1.54, 1.807) is 0 Å². The summed E-state index contributed by atoms with van der Waals surface area (Å²) in [5, 5.41) is 4.01. The zero-order chi connectivity index (χ0) is 13.1. The summed E-state index contributed by atoms with van der Waals surface area (Å²) in [6, 6.07) is 0.165. The van der Waals surface area contributed by atoms with Gasteiger partial charge in [-0.1, -0.05) is 11.4 Å². The van der Waals surface area contributed by atoms with Crippen LogP contribution in [0.5, 0.6) is 0 Å². The lowest BCUT2D eigenvalue weighted by molar-refractivity contribution is 0.0587. The molecular weight excluding hydrogens is 248 g/mol. The molecule has 0 aromatic carbocycles. The fourth-order valence-electron chi connectivity index (χ4n) is 2.49. The van der Waals surface area contributed by atoms with Gasteiger partial charge in [0.25, 0.3) is 5.91 Å². The fourth-order valence-corrected chi connectivity index (χ4v) is 3.20. The standard InChI is InChI=1S/C12H20N4OS/c1-3-9-11(18-15-14-9)12(17)16-7-5-4-6-10(16)8(2)13/h8,10H,3-7,13H2,1-2H3/t8-,10+/m1/s1. The summed E-state index contributed by atoms with van der Waals surface area (Å²) in [7, 11) is 0. The molecule has 1 aliphatic heterocycles. The van der Waals surface area contributed by atoms with Crippen molar-refractivity contribution in [2.24, 2.45) is 5.73 Å². The van der Waals surface area contributed by atoms with Gasteiger partial charge in [-0.15, -0.1) is 5.10 Å². The van der Waals surface area contributed by atoms with Gasteiger partial charge in [-0.05, 0) is 44.1 Å². The van der Waals surface area contributed by atoms with E-state index in [0.29, 0.717) is 4.88 Å². The second-order valence-corrected chi connectivity index (χ2v) is 5.58. The average Bonchev–Trinajstić information content (AvgIpc) is 2.86. The summed E-state index contributed by atoms with van der Waals surface area (Å²) in [5.41, 5.74) is 6.80. The third kappa shape index (κ3) is 2.54. The zero-order valence-corrected chi connectivity index (χ0v) is 11.7. The largest absolute Gasteiger partial charge is 0.333 e. The highest BCUT2D eigenvalue weighted by molar-refractivity contribution is 7.08. The third-order valence-electron chi connectivity index (χ3n) is 3.50. The smallest absolute Gasteiger partial charge is 0.267 e. The Morgan fingerprint density at radius 3 is 3.06 bits per heavy atom. The van der Waals surface area contributed by atoms with E-state index in [1.165, 1.54) is 11.5 Å². The molecule has 2 rings (SSSR count). The molecule has 100 valence electrons. The first-order valence-corrected chi connectivity index (χ1v) is 7.30. The molecule has 1 fully saturated rings. The highest BCUT2D eigenvalue weighted by atomic mass is 32.1. The minimum Gasteiger partial charge on any atom is -0.333 e. The second-order valence-electron chi connectivity index (χ2n) is 4.82. The number of rotatable bonds is 3. The molecular formula is C12H20N4OS. The summed E-state index contributed by atoms with van der Waals surface area (Å²) < 4.78 is 3.89. The monoisotopic (exact) mass is 268 g/mol. The molecule has 18 heavy (non-hydrogen) atoms. The lowest BCUT2D eigenvalue weighted by atomic mass is 9.96. The molecule has 0 spiro atoms. The number of likely N-dealkylation sites (tertiary alicyclic amines) is 1. The van der Waals surface area contributed by atoms with Crippen LogP contribution in [-0.4, -0.2) is 39.0 Å². The van der Waals surface area contributed by atoms with E-state index in [4.69, 9.17) is 5.73 Å².